The summed E-state index contributed by atoms with van der Waals surface area (Å²) in [7, 11) is 0. The van der Waals surface area contributed by atoms with E-state index in [2.05, 4.69) is 217 Å². The maximum absolute atomic E-state index is 6.31. The van der Waals surface area contributed by atoms with Crippen molar-refractivity contribution in [3.05, 3.63) is 224 Å². The minimum Gasteiger partial charge on any atom is -0.456 e. The molecule has 2 nitrogen and oxygen atoms in total. The largest absolute Gasteiger partial charge is 0.456 e. The van der Waals surface area contributed by atoms with Gasteiger partial charge in [0.15, 0.2) is 0 Å². The molecule has 11 aromatic rings. The van der Waals surface area contributed by atoms with E-state index < -0.39 is 0 Å². The lowest BCUT2D eigenvalue weighted by Crippen LogP contribution is -2.11. The van der Waals surface area contributed by atoms with Gasteiger partial charge in [-0.05, 0) is 109 Å². The Morgan fingerprint density at radius 1 is 0.276 bits per heavy atom. The van der Waals surface area contributed by atoms with Gasteiger partial charge in [0.05, 0.1) is 5.69 Å². The van der Waals surface area contributed by atoms with Crippen LogP contribution in [0.5, 0.6) is 0 Å². The van der Waals surface area contributed by atoms with Crippen molar-refractivity contribution in [3.63, 3.8) is 0 Å². The Kier molecular flexibility index (Phi) is 8.19. The Hall–Kier alpha value is -7.68. The van der Waals surface area contributed by atoms with Gasteiger partial charge in [0, 0.05) is 27.7 Å². The van der Waals surface area contributed by atoms with Crippen molar-refractivity contribution < 1.29 is 4.42 Å². The second-order valence-electron chi connectivity index (χ2n) is 14.9. The third-order valence-corrected chi connectivity index (χ3v) is 11.5. The number of rotatable bonds is 7. The van der Waals surface area contributed by atoms with Gasteiger partial charge in [0.2, 0.25) is 0 Å². The number of fused-ring (bicyclic) bond motifs is 5. The summed E-state index contributed by atoms with van der Waals surface area (Å²) in [5.74, 6) is 0. The second kappa shape index (κ2) is 14.1. The van der Waals surface area contributed by atoms with Crippen LogP contribution in [0.3, 0.4) is 0 Å². The van der Waals surface area contributed by atoms with Crippen molar-refractivity contribution in [2.75, 3.05) is 4.90 Å². The zero-order valence-electron chi connectivity index (χ0n) is 31.7. The highest BCUT2D eigenvalue weighted by Gasteiger charge is 2.20. The fraction of sp³-hybridized carbons (Fsp3) is 0. The zero-order chi connectivity index (χ0) is 38.4. The standard InChI is InChI=1S/C56H37NO/c1-2-12-42(13-3-1)51-33-29-46(45-26-23-38-11-4-5-15-44(38)35-45)36-54(51)57(48-32-34-56-53(37-48)52-18-8-9-20-55(52)58-56)47-30-27-40(28-31-47)39-21-24-43(25-22-39)50-19-10-16-41-14-6-7-17-49(41)50/h1-37H. The van der Waals surface area contributed by atoms with E-state index in [4.69, 9.17) is 4.42 Å². The molecule has 0 fully saturated rings. The Morgan fingerprint density at radius 2 is 0.845 bits per heavy atom. The molecular formula is C56H37NO. The quantitative estimate of drug-likeness (QED) is 0.162. The van der Waals surface area contributed by atoms with Crippen LogP contribution in [-0.2, 0) is 0 Å². The van der Waals surface area contributed by atoms with E-state index in [9.17, 15) is 0 Å². The van der Waals surface area contributed by atoms with Gasteiger partial charge in [-0.1, -0.05) is 176 Å². The summed E-state index contributed by atoms with van der Waals surface area (Å²) < 4.78 is 6.31. The number of hydrogen-bond donors (Lipinski definition) is 0. The molecule has 0 aliphatic heterocycles. The first kappa shape index (κ1) is 33.6. The van der Waals surface area contributed by atoms with Crippen LogP contribution >= 0.6 is 0 Å². The van der Waals surface area contributed by atoms with Crippen LogP contribution in [0.15, 0.2) is 229 Å². The van der Waals surface area contributed by atoms with Crippen LogP contribution in [0.2, 0.25) is 0 Å². The molecule has 0 aliphatic rings. The summed E-state index contributed by atoms with van der Waals surface area (Å²) >= 11 is 0. The topological polar surface area (TPSA) is 16.4 Å². The molecule has 0 bridgehead atoms. The van der Waals surface area contributed by atoms with Crippen molar-refractivity contribution in [3.8, 4) is 44.5 Å². The summed E-state index contributed by atoms with van der Waals surface area (Å²) in [4.78, 5) is 2.40. The molecule has 0 amide bonds. The molecular weight excluding hydrogens is 703 g/mol. The van der Waals surface area contributed by atoms with E-state index in [0.717, 1.165) is 61.3 Å². The molecule has 0 spiro atoms. The highest BCUT2D eigenvalue weighted by Crippen LogP contribution is 2.45. The third kappa shape index (κ3) is 6.00. The Bertz CT molecular complexity index is 3260. The van der Waals surface area contributed by atoms with Crippen LogP contribution in [0.4, 0.5) is 17.1 Å². The monoisotopic (exact) mass is 739 g/mol. The van der Waals surface area contributed by atoms with Crippen LogP contribution in [0.1, 0.15) is 0 Å². The molecule has 0 N–H and O–H groups in total. The molecule has 11 rings (SSSR count). The van der Waals surface area contributed by atoms with Crippen molar-refractivity contribution in [2.24, 2.45) is 0 Å². The Balaban J connectivity index is 1.06. The fourth-order valence-electron chi connectivity index (χ4n) is 8.53. The molecule has 272 valence electrons. The van der Waals surface area contributed by atoms with Crippen molar-refractivity contribution in [1.29, 1.82) is 0 Å². The van der Waals surface area contributed by atoms with Gasteiger partial charge in [-0.15, -0.1) is 0 Å². The number of nitrogens with zero attached hydrogens (tertiary/aromatic N) is 1. The average molecular weight is 740 g/mol. The summed E-state index contributed by atoms with van der Waals surface area (Å²) in [5, 5.41) is 7.18. The van der Waals surface area contributed by atoms with Gasteiger partial charge in [-0.3, -0.25) is 0 Å². The molecule has 0 atom stereocenters. The van der Waals surface area contributed by atoms with Crippen molar-refractivity contribution in [2.45, 2.75) is 0 Å². The van der Waals surface area contributed by atoms with Gasteiger partial charge in [0.25, 0.3) is 0 Å². The van der Waals surface area contributed by atoms with Crippen LogP contribution in [0, 0.1) is 0 Å². The molecule has 10 aromatic carbocycles. The maximum atomic E-state index is 6.31. The summed E-state index contributed by atoms with van der Waals surface area (Å²) in [5.41, 5.74) is 14.4. The second-order valence-corrected chi connectivity index (χ2v) is 14.9. The lowest BCUT2D eigenvalue weighted by Gasteiger charge is -2.29. The van der Waals surface area contributed by atoms with Crippen molar-refractivity contribution >= 4 is 60.5 Å². The van der Waals surface area contributed by atoms with Crippen LogP contribution in [-0.4, -0.2) is 0 Å². The summed E-state index contributed by atoms with van der Waals surface area (Å²) in [6, 6.07) is 80.9. The average Bonchev–Trinajstić information content (AvgIpc) is 3.67. The molecule has 0 aliphatic carbocycles. The molecule has 0 radical (unpaired) electrons. The van der Waals surface area contributed by atoms with E-state index in [1.807, 2.05) is 12.1 Å². The first-order chi connectivity index (χ1) is 28.7. The minimum absolute atomic E-state index is 0.875. The first-order valence-electron chi connectivity index (χ1n) is 19.8. The SMILES string of the molecule is c1ccc(-c2ccc(-c3ccc4ccccc4c3)cc2N(c2ccc(-c3ccc(-c4cccc5ccccc45)cc3)cc2)c2ccc3oc4ccccc4c3c2)cc1. The van der Waals surface area contributed by atoms with E-state index in [0.29, 0.717) is 0 Å². The normalized spacial score (nSPS) is 11.4. The molecule has 0 saturated carbocycles. The number of hydrogen-bond acceptors (Lipinski definition) is 2. The molecule has 0 saturated heterocycles. The molecule has 58 heavy (non-hydrogen) atoms. The number of benzene rings is 10. The zero-order valence-corrected chi connectivity index (χ0v) is 31.7. The highest BCUT2D eigenvalue weighted by molar-refractivity contribution is 6.07. The lowest BCUT2D eigenvalue weighted by molar-refractivity contribution is 0.669. The number of anilines is 3. The molecule has 2 heteroatoms. The lowest BCUT2D eigenvalue weighted by atomic mass is 9.95. The molecule has 1 aromatic heterocycles. The predicted octanol–water partition coefficient (Wildman–Crippen LogP) is 16.0. The summed E-state index contributed by atoms with van der Waals surface area (Å²) in [6.45, 7) is 0. The van der Waals surface area contributed by atoms with E-state index in [-0.39, 0.29) is 0 Å². The highest BCUT2D eigenvalue weighted by atomic mass is 16.3. The van der Waals surface area contributed by atoms with Gasteiger partial charge < -0.3 is 9.32 Å². The van der Waals surface area contributed by atoms with Gasteiger partial charge in [-0.2, -0.15) is 0 Å². The first-order valence-corrected chi connectivity index (χ1v) is 19.8. The molecule has 0 unspecified atom stereocenters. The minimum atomic E-state index is 0.875. The number of para-hydroxylation sites is 1. The third-order valence-electron chi connectivity index (χ3n) is 11.5. The Morgan fingerprint density at radius 3 is 1.67 bits per heavy atom. The van der Waals surface area contributed by atoms with Crippen molar-refractivity contribution in [1.82, 2.24) is 0 Å². The van der Waals surface area contributed by atoms with Gasteiger partial charge >= 0.3 is 0 Å². The molecule has 1 heterocycles. The smallest absolute Gasteiger partial charge is 0.135 e. The van der Waals surface area contributed by atoms with E-state index in [1.54, 1.807) is 0 Å². The van der Waals surface area contributed by atoms with Gasteiger partial charge in [-0.25, -0.2) is 0 Å². The van der Waals surface area contributed by atoms with E-state index in [1.165, 1.54) is 43.8 Å². The van der Waals surface area contributed by atoms with E-state index >= 15 is 0 Å². The van der Waals surface area contributed by atoms with Gasteiger partial charge in [0.1, 0.15) is 11.2 Å². The van der Waals surface area contributed by atoms with Crippen LogP contribution < -0.4 is 4.90 Å². The summed E-state index contributed by atoms with van der Waals surface area (Å²) in [6.07, 6.45) is 0. The predicted molar refractivity (Wildman–Crippen MR) is 245 cm³/mol. The number of furan rings is 1. The van der Waals surface area contributed by atoms with Crippen LogP contribution in [0.25, 0.3) is 88.0 Å². The maximum Gasteiger partial charge on any atom is 0.135 e. The fourth-order valence-corrected chi connectivity index (χ4v) is 8.53. The Labute approximate surface area is 337 Å².